The first-order valence-corrected chi connectivity index (χ1v) is 9.72. The van der Waals surface area contributed by atoms with Crippen LogP contribution in [0.4, 0.5) is 5.82 Å². The first-order chi connectivity index (χ1) is 11.5. The summed E-state index contributed by atoms with van der Waals surface area (Å²) in [5.74, 6) is 1.19. The van der Waals surface area contributed by atoms with Crippen molar-refractivity contribution in [3.8, 4) is 0 Å². The van der Waals surface area contributed by atoms with E-state index in [1.807, 2.05) is 24.3 Å². The molecule has 1 N–H and O–H groups in total. The van der Waals surface area contributed by atoms with Crippen LogP contribution in [0.25, 0.3) is 0 Å². The average molecular weight is 345 g/mol. The molecule has 24 heavy (non-hydrogen) atoms. The van der Waals surface area contributed by atoms with Crippen molar-refractivity contribution < 1.29 is 8.42 Å². The van der Waals surface area contributed by atoms with Gasteiger partial charge in [-0.25, -0.2) is 18.1 Å². The zero-order valence-corrected chi connectivity index (χ0v) is 14.8. The maximum absolute atomic E-state index is 12.7. The number of pyridine rings is 1. The van der Waals surface area contributed by atoms with Gasteiger partial charge < -0.3 is 4.90 Å². The monoisotopic (exact) mass is 345 g/mol. The molecule has 0 amide bonds. The summed E-state index contributed by atoms with van der Waals surface area (Å²) in [6, 6.07) is 12.8. The molecule has 128 valence electrons. The van der Waals surface area contributed by atoms with Crippen LogP contribution in [0.1, 0.15) is 31.7 Å². The number of nitrogens with zero attached hydrogens (tertiary/aromatic N) is 2. The quantitative estimate of drug-likeness (QED) is 0.905. The summed E-state index contributed by atoms with van der Waals surface area (Å²) < 4.78 is 28.2. The fourth-order valence-electron chi connectivity index (χ4n) is 2.93. The average Bonchev–Trinajstić information content (AvgIpc) is 3.03. The van der Waals surface area contributed by atoms with E-state index in [1.54, 1.807) is 24.4 Å². The zero-order chi connectivity index (χ0) is 17.2. The Balaban J connectivity index is 1.71. The number of aromatic nitrogens is 1. The number of anilines is 1. The van der Waals surface area contributed by atoms with E-state index in [-0.39, 0.29) is 6.04 Å². The van der Waals surface area contributed by atoms with Crippen LogP contribution in [0.15, 0.2) is 53.6 Å². The van der Waals surface area contributed by atoms with Crippen molar-refractivity contribution in [1.82, 2.24) is 9.71 Å². The standard InChI is InChI=1S/C18H23N3O2S/c1-14(2)15-6-5-7-17(12-15)24(22,23)20-16-9-11-21(13-16)18-8-3-4-10-19-18/h3-8,10,12,14,16,20H,9,11,13H2,1-2H3. The highest BCUT2D eigenvalue weighted by Crippen LogP contribution is 2.21. The lowest BCUT2D eigenvalue weighted by Gasteiger charge is -2.18. The second-order valence-electron chi connectivity index (χ2n) is 6.47. The van der Waals surface area contributed by atoms with Gasteiger partial charge in [0, 0.05) is 25.3 Å². The van der Waals surface area contributed by atoms with E-state index in [9.17, 15) is 8.42 Å². The molecule has 1 fully saturated rings. The molecule has 3 rings (SSSR count). The minimum absolute atomic E-state index is 0.0975. The highest BCUT2D eigenvalue weighted by atomic mass is 32.2. The second kappa shape index (κ2) is 6.91. The van der Waals surface area contributed by atoms with E-state index in [2.05, 4.69) is 28.5 Å². The predicted molar refractivity (Wildman–Crippen MR) is 95.7 cm³/mol. The largest absolute Gasteiger partial charge is 0.355 e. The molecule has 6 heteroatoms. The Labute approximate surface area is 143 Å². The fraction of sp³-hybridized carbons (Fsp3) is 0.389. The van der Waals surface area contributed by atoms with Crippen molar-refractivity contribution in [3.05, 3.63) is 54.2 Å². The van der Waals surface area contributed by atoms with Crippen LogP contribution in [0.5, 0.6) is 0 Å². The molecule has 0 spiro atoms. The van der Waals surface area contributed by atoms with E-state index >= 15 is 0 Å². The van der Waals surface area contributed by atoms with Gasteiger partial charge in [-0.15, -0.1) is 0 Å². The van der Waals surface area contributed by atoms with E-state index < -0.39 is 10.0 Å². The van der Waals surface area contributed by atoms with Gasteiger partial charge in [-0.1, -0.05) is 32.0 Å². The molecule has 1 aromatic heterocycles. The normalized spacial score (nSPS) is 18.3. The Morgan fingerprint density at radius 1 is 1.21 bits per heavy atom. The summed E-state index contributed by atoms with van der Waals surface area (Å²) in [6.07, 6.45) is 2.53. The molecule has 5 nitrogen and oxygen atoms in total. The van der Waals surface area contributed by atoms with Crippen LogP contribution in [0.3, 0.4) is 0 Å². The number of sulfonamides is 1. The second-order valence-corrected chi connectivity index (χ2v) is 8.18. The van der Waals surface area contributed by atoms with Gasteiger partial charge in [-0.2, -0.15) is 0 Å². The van der Waals surface area contributed by atoms with Crippen LogP contribution in [-0.2, 0) is 10.0 Å². The molecule has 0 aliphatic carbocycles. The molecule has 1 aliphatic heterocycles. The molecule has 1 aliphatic rings. The summed E-state index contributed by atoms with van der Waals surface area (Å²) in [6.45, 7) is 5.55. The number of rotatable bonds is 5. The fourth-order valence-corrected chi connectivity index (χ4v) is 4.25. The minimum Gasteiger partial charge on any atom is -0.355 e. The van der Waals surface area contributed by atoms with Gasteiger partial charge in [0.2, 0.25) is 10.0 Å². The lowest BCUT2D eigenvalue weighted by atomic mass is 10.0. The maximum atomic E-state index is 12.7. The van der Waals surface area contributed by atoms with Crippen molar-refractivity contribution >= 4 is 15.8 Å². The van der Waals surface area contributed by atoms with Crippen LogP contribution < -0.4 is 9.62 Å². The predicted octanol–water partition coefficient (Wildman–Crippen LogP) is 2.76. The Morgan fingerprint density at radius 3 is 2.75 bits per heavy atom. The van der Waals surface area contributed by atoms with Gasteiger partial charge in [-0.3, -0.25) is 0 Å². The molecule has 2 aromatic rings. The van der Waals surface area contributed by atoms with Crippen molar-refractivity contribution in [1.29, 1.82) is 0 Å². The van der Waals surface area contributed by atoms with E-state index in [1.165, 1.54) is 0 Å². The summed E-state index contributed by atoms with van der Waals surface area (Å²) in [5.41, 5.74) is 1.03. The Bertz CT molecular complexity index is 791. The van der Waals surface area contributed by atoms with E-state index in [0.29, 0.717) is 17.4 Å². The van der Waals surface area contributed by atoms with Crippen LogP contribution in [0.2, 0.25) is 0 Å². The Kier molecular flexibility index (Phi) is 4.87. The molecular weight excluding hydrogens is 322 g/mol. The van der Waals surface area contributed by atoms with Gasteiger partial charge in [0.15, 0.2) is 0 Å². The van der Waals surface area contributed by atoms with Gasteiger partial charge in [0.1, 0.15) is 5.82 Å². The first-order valence-electron chi connectivity index (χ1n) is 8.24. The minimum atomic E-state index is -3.50. The third-order valence-corrected chi connectivity index (χ3v) is 5.84. The highest BCUT2D eigenvalue weighted by molar-refractivity contribution is 7.89. The van der Waals surface area contributed by atoms with Crippen molar-refractivity contribution in [3.63, 3.8) is 0 Å². The molecule has 1 unspecified atom stereocenters. The van der Waals surface area contributed by atoms with Gasteiger partial charge in [0.05, 0.1) is 4.90 Å². The molecule has 0 radical (unpaired) electrons. The molecule has 2 heterocycles. The first kappa shape index (κ1) is 16.9. The number of nitrogens with one attached hydrogen (secondary N) is 1. The van der Waals surface area contributed by atoms with Crippen molar-refractivity contribution in [2.24, 2.45) is 0 Å². The summed E-state index contributed by atoms with van der Waals surface area (Å²) >= 11 is 0. The van der Waals surface area contributed by atoms with Gasteiger partial charge in [-0.05, 0) is 42.2 Å². The topological polar surface area (TPSA) is 62.3 Å². The number of hydrogen-bond acceptors (Lipinski definition) is 4. The third-order valence-electron chi connectivity index (χ3n) is 4.32. The maximum Gasteiger partial charge on any atom is 0.240 e. The highest BCUT2D eigenvalue weighted by Gasteiger charge is 2.28. The lowest BCUT2D eigenvalue weighted by molar-refractivity contribution is 0.561. The third kappa shape index (κ3) is 3.76. The Morgan fingerprint density at radius 2 is 2.04 bits per heavy atom. The summed E-state index contributed by atoms with van der Waals surface area (Å²) in [4.78, 5) is 6.78. The summed E-state index contributed by atoms with van der Waals surface area (Å²) in [5, 5.41) is 0. The molecule has 1 saturated heterocycles. The van der Waals surface area contributed by atoms with E-state index in [0.717, 1.165) is 24.3 Å². The smallest absolute Gasteiger partial charge is 0.240 e. The zero-order valence-electron chi connectivity index (χ0n) is 14.0. The van der Waals surface area contributed by atoms with Crippen molar-refractivity contribution in [2.75, 3.05) is 18.0 Å². The van der Waals surface area contributed by atoms with Gasteiger partial charge >= 0.3 is 0 Å². The number of hydrogen-bond donors (Lipinski definition) is 1. The summed E-state index contributed by atoms with van der Waals surface area (Å²) in [7, 11) is -3.50. The van der Waals surface area contributed by atoms with Crippen LogP contribution in [0, 0.1) is 0 Å². The molecule has 0 saturated carbocycles. The lowest BCUT2D eigenvalue weighted by Crippen LogP contribution is -2.37. The van der Waals surface area contributed by atoms with Crippen molar-refractivity contribution in [2.45, 2.75) is 37.1 Å². The molecule has 1 atom stereocenters. The van der Waals surface area contributed by atoms with E-state index in [4.69, 9.17) is 0 Å². The van der Waals surface area contributed by atoms with Gasteiger partial charge in [0.25, 0.3) is 0 Å². The van der Waals surface area contributed by atoms with Crippen LogP contribution >= 0.6 is 0 Å². The SMILES string of the molecule is CC(C)c1cccc(S(=O)(=O)NC2CCN(c3ccccn3)C2)c1. The molecule has 0 bridgehead atoms. The molecular formula is C18H23N3O2S. The van der Waals surface area contributed by atoms with Crippen LogP contribution in [-0.4, -0.2) is 32.5 Å². The Hall–Kier alpha value is -1.92. The number of benzene rings is 1. The molecule has 1 aromatic carbocycles.